The number of nitrogens with zero attached hydrogens (tertiary/aromatic N) is 3. The number of pyridine rings is 1. The number of hydrogen-bond donors (Lipinski definition) is 0. The molecule has 1 fully saturated rings. The third-order valence-electron chi connectivity index (χ3n) is 5.19. The maximum absolute atomic E-state index is 12.8. The van der Waals surface area contributed by atoms with Gasteiger partial charge in [-0.3, -0.25) is 4.79 Å². The topological polar surface area (TPSA) is 68.5 Å². The molecule has 3 aromatic rings. The zero-order chi connectivity index (χ0) is 21.1. The highest BCUT2D eigenvalue weighted by Crippen LogP contribution is 2.37. The van der Waals surface area contributed by atoms with Crippen molar-refractivity contribution in [2.75, 3.05) is 19.7 Å². The van der Waals surface area contributed by atoms with Crippen LogP contribution in [0, 0.1) is 5.92 Å². The Labute approximate surface area is 188 Å². The summed E-state index contributed by atoms with van der Waals surface area (Å²) in [5, 5.41) is 5.18. The second-order valence-corrected chi connectivity index (χ2v) is 8.33. The van der Waals surface area contributed by atoms with Crippen LogP contribution in [0.25, 0.3) is 0 Å². The second-order valence-electron chi connectivity index (χ2n) is 7.08. The first kappa shape index (κ1) is 21.0. The molecule has 1 amide bonds. The van der Waals surface area contributed by atoms with Crippen LogP contribution >= 0.6 is 34.8 Å². The van der Waals surface area contributed by atoms with E-state index in [0.717, 1.165) is 12.0 Å². The van der Waals surface area contributed by atoms with Crippen LogP contribution in [0.2, 0.25) is 15.1 Å². The summed E-state index contributed by atoms with van der Waals surface area (Å²) in [6, 6.07) is 10.6. The Kier molecular flexibility index (Phi) is 6.46. The van der Waals surface area contributed by atoms with Gasteiger partial charge in [0.25, 0.3) is 5.91 Å². The second kappa shape index (κ2) is 9.25. The van der Waals surface area contributed by atoms with Crippen molar-refractivity contribution < 1.29 is 14.1 Å². The molecule has 2 aromatic heterocycles. The van der Waals surface area contributed by atoms with Gasteiger partial charge in [0, 0.05) is 37.3 Å². The summed E-state index contributed by atoms with van der Waals surface area (Å²) >= 11 is 18.2. The Bertz CT molecular complexity index is 1010. The lowest BCUT2D eigenvalue weighted by Crippen LogP contribution is -2.28. The van der Waals surface area contributed by atoms with Gasteiger partial charge >= 0.3 is 0 Å². The minimum atomic E-state index is -0.180. The van der Waals surface area contributed by atoms with Crippen molar-refractivity contribution in [3.63, 3.8) is 0 Å². The fourth-order valence-electron chi connectivity index (χ4n) is 3.69. The van der Waals surface area contributed by atoms with E-state index in [0.29, 0.717) is 40.6 Å². The summed E-state index contributed by atoms with van der Waals surface area (Å²) in [5.41, 5.74) is 1.03. The monoisotopic (exact) mass is 465 g/mol. The van der Waals surface area contributed by atoms with Gasteiger partial charge in [-0.25, -0.2) is 4.98 Å². The molecule has 0 bridgehead atoms. The summed E-state index contributed by atoms with van der Waals surface area (Å²) in [6.07, 6.45) is 3.74. The van der Waals surface area contributed by atoms with Crippen LogP contribution in [0.5, 0.6) is 5.88 Å². The molecule has 1 aliphatic heterocycles. The molecule has 2 unspecified atom stereocenters. The third kappa shape index (κ3) is 4.72. The highest BCUT2D eigenvalue weighted by atomic mass is 35.5. The van der Waals surface area contributed by atoms with Crippen molar-refractivity contribution in [1.82, 2.24) is 15.0 Å². The predicted octanol–water partition coefficient (Wildman–Crippen LogP) is 5.35. The fourth-order valence-corrected chi connectivity index (χ4v) is 4.11. The van der Waals surface area contributed by atoms with Crippen molar-refractivity contribution in [1.29, 1.82) is 0 Å². The molecule has 2 atom stereocenters. The molecular weight excluding hydrogens is 449 g/mol. The molecule has 1 aromatic carbocycles. The molecule has 0 saturated carbocycles. The Morgan fingerprint density at radius 1 is 1.13 bits per heavy atom. The van der Waals surface area contributed by atoms with E-state index in [9.17, 15) is 4.79 Å². The van der Waals surface area contributed by atoms with Gasteiger partial charge in [-0.15, -0.1) is 0 Å². The van der Waals surface area contributed by atoms with Crippen LogP contribution in [0.4, 0.5) is 0 Å². The van der Waals surface area contributed by atoms with Gasteiger partial charge in [-0.2, -0.15) is 0 Å². The van der Waals surface area contributed by atoms with E-state index < -0.39 is 0 Å². The number of rotatable bonds is 6. The molecule has 1 saturated heterocycles. The first-order valence-electron chi connectivity index (χ1n) is 9.40. The summed E-state index contributed by atoms with van der Waals surface area (Å²) in [4.78, 5) is 18.7. The van der Waals surface area contributed by atoms with E-state index in [1.165, 1.54) is 6.20 Å². The van der Waals surface area contributed by atoms with Gasteiger partial charge in [0.1, 0.15) is 0 Å². The predicted molar refractivity (Wildman–Crippen MR) is 114 cm³/mol. The quantitative estimate of drug-likeness (QED) is 0.489. The minimum absolute atomic E-state index is 0.0911. The fraction of sp³-hybridized carbons (Fsp3) is 0.286. The molecular formula is C21H18Cl3N3O3. The van der Waals surface area contributed by atoms with Gasteiger partial charge < -0.3 is 14.2 Å². The highest BCUT2D eigenvalue weighted by Gasteiger charge is 2.37. The highest BCUT2D eigenvalue weighted by molar-refractivity contribution is 6.42. The molecule has 30 heavy (non-hydrogen) atoms. The maximum atomic E-state index is 12.8. The number of likely N-dealkylation sites (tertiary alicyclic amines) is 1. The van der Waals surface area contributed by atoms with Gasteiger partial charge in [-0.1, -0.05) is 46.0 Å². The summed E-state index contributed by atoms with van der Waals surface area (Å²) in [6.45, 7) is 1.57. The van der Waals surface area contributed by atoms with Crippen molar-refractivity contribution in [3.8, 4) is 5.88 Å². The maximum Gasteiger partial charge on any atom is 0.292 e. The molecule has 3 heterocycles. The Balaban J connectivity index is 1.49. The Morgan fingerprint density at radius 2 is 2.00 bits per heavy atom. The van der Waals surface area contributed by atoms with Crippen LogP contribution in [0.3, 0.4) is 0 Å². The van der Waals surface area contributed by atoms with Gasteiger partial charge in [-0.05, 0) is 36.1 Å². The Morgan fingerprint density at radius 3 is 2.70 bits per heavy atom. The average molecular weight is 467 g/mol. The number of carbonyl (C=O) groups excluding carboxylic acids is 1. The smallest absolute Gasteiger partial charge is 0.292 e. The lowest BCUT2D eigenvalue weighted by atomic mass is 9.87. The lowest BCUT2D eigenvalue weighted by molar-refractivity contribution is 0.0742. The van der Waals surface area contributed by atoms with E-state index >= 15 is 0 Å². The summed E-state index contributed by atoms with van der Waals surface area (Å²) < 4.78 is 10.8. The van der Waals surface area contributed by atoms with Crippen LogP contribution in [-0.4, -0.2) is 40.6 Å². The van der Waals surface area contributed by atoms with Crippen molar-refractivity contribution in [3.05, 3.63) is 75.2 Å². The van der Waals surface area contributed by atoms with Gasteiger partial charge in [0.15, 0.2) is 0 Å². The summed E-state index contributed by atoms with van der Waals surface area (Å²) in [5.74, 6) is 0.818. The zero-order valence-corrected chi connectivity index (χ0v) is 18.1. The number of halogens is 3. The average Bonchev–Trinajstić information content (AvgIpc) is 3.41. The number of benzene rings is 1. The molecule has 0 aliphatic carbocycles. The first-order valence-corrected chi connectivity index (χ1v) is 10.5. The van der Waals surface area contributed by atoms with Crippen molar-refractivity contribution in [2.24, 2.45) is 5.92 Å². The molecule has 9 heteroatoms. The molecule has 0 spiro atoms. The van der Waals surface area contributed by atoms with Gasteiger partial charge in [0.2, 0.25) is 11.6 Å². The molecule has 0 N–H and O–H groups in total. The standard InChI is InChI=1S/C21H18Cl3N3O3/c22-15-2-4-20(25-10-15)29-8-6-14-11-27(21(28)19-5-7-26-30-19)12-16(14)13-1-3-17(23)18(24)9-13/h1-5,7,9-10,14,16H,6,8,11-12H2. The van der Waals surface area contributed by atoms with Crippen LogP contribution in [0.15, 0.2) is 53.3 Å². The van der Waals surface area contributed by atoms with E-state index in [1.807, 2.05) is 12.1 Å². The number of hydrogen-bond acceptors (Lipinski definition) is 5. The van der Waals surface area contributed by atoms with Crippen LogP contribution < -0.4 is 4.74 Å². The van der Waals surface area contributed by atoms with E-state index in [4.69, 9.17) is 44.1 Å². The van der Waals surface area contributed by atoms with Crippen molar-refractivity contribution in [2.45, 2.75) is 12.3 Å². The third-order valence-corrected chi connectivity index (χ3v) is 6.15. The number of carbonyl (C=O) groups is 1. The SMILES string of the molecule is O=C(c1ccno1)N1CC(CCOc2ccc(Cl)cn2)C(c2ccc(Cl)c(Cl)c2)C1. The molecule has 156 valence electrons. The molecule has 4 rings (SSSR count). The summed E-state index contributed by atoms with van der Waals surface area (Å²) in [7, 11) is 0. The van der Waals surface area contributed by atoms with Crippen molar-refractivity contribution >= 4 is 40.7 Å². The normalized spacial score (nSPS) is 18.6. The molecule has 0 radical (unpaired) electrons. The number of amides is 1. The first-order chi connectivity index (χ1) is 14.5. The molecule has 1 aliphatic rings. The van der Waals surface area contributed by atoms with Crippen LogP contribution in [-0.2, 0) is 0 Å². The largest absolute Gasteiger partial charge is 0.478 e. The van der Waals surface area contributed by atoms with E-state index in [1.54, 1.807) is 35.4 Å². The van der Waals surface area contributed by atoms with E-state index in [-0.39, 0.29) is 23.5 Å². The van der Waals surface area contributed by atoms with E-state index in [2.05, 4.69) is 10.1 Å². The zero-order valence-electron chi connectivity index (χ0n) is 15.8. The van der Waals surface area contributed by atoms with Crippen LogP contribution in [0.1, 0.15) is 28.5 Å². The minimum Gasteiger partial charge on any atom is -0.478 e. The lowest BCUT2D eigenvalue weighted by Gasteiger charge is -2.19. The van der Waals surface area contributed by atoms with Gasteiger partial charge in [0.05, 0.1) is 27.9 Å². The number of aromatic nitrogens is 2. The number of ether oxygens (including phenoxy) is 1. The molecule has 6 nitrogen and oxygen atoms in total. The Hall–Kier alpha value is -2.28.